The Morgan fingerprint density at radius 2 is 1.39 bits per heavy atom. The van der Waals surface area contributed by atoms with Gasteiger partial charge in [-0.2, -0.15) is 0 Å². The molecule has 142 valence electrons. The molecule has 1 aliphatic rings. The van der Waals surface area contributed by atoms with Crippen LogP contribution in [0, 0.1) is 18.7 Å². The van der Waals surface area contributed by atoms with E-state index in [0.717, 1.165) is 29.0 Å². The van der Waals surface area contributed by atoms with E-state index in [2.05, 4.69) is 46.5 Å². The van der Waals surface area contributed by atoms with Gasteiger partial charge in [-0.3, -0.25) is 0 Å². The van der Waals surface area contributed by atoms with E-state index in [0.29, 0.717) is 10.9 Å². The second kappa shape index (κ2) is 8.02. The molecular formula is C26H26FP. The topological polar surface area (TPSA) is 0 Å². The van der Waals surface area contributed by atoms with Gasteiger partial charge in [0.1, 0.15) is 5.82 Å². The van der Waals surface area contributed by atoms with Gasteiger partial charge in [-0.15, -0.1) is 9.24 Å². The first-order chi connectivity index (χ1) is 13.5. The summed E-state index contributed by atoms with van der Waals surface area (Å²) in [6, 6.07) is 20.5. The fraction of sp³-hybridized carbons (Fsp3) is 0.231. The second-order valence-electron chi connectivity index (χ2n) is 7.94. The fourth-order valence-corrected chi connectivity index (χ4v) is 4.31. The molecule has 0 radical (unpaired) electrons. The summed E-state index contributed by atoms with van der Waals surface area (Å²) in [5, 5.41) is 0.622. The van der Waals surface area contributed by atoms with Crippen LogP contribution in [0.3, 0.4) is 0 Å². The number of rotatable bonds is 3. The third-order valence-corrected chi connectivity index (χ3v) is 6.35. The Morgan fingerprint density at radius 3 is 2.04 bits per heavy atom. The molecule has 3 aromatic rings. The maximum absolute atomic E-state index is 15.1. The van der Waals surface area contributed by atoms with E-state index in [1.54, 1.807) is 0 Å². The highest BCUT2D eigenvalue weighted by molar-refractivity contribution is 7.28. The molecule has 28 heavy (non-hydrogen) atoms. The zero-order valence-electron chi connectivity index (χ0n) is 16.5. The van der Waals surface area contributed by atoms with Crippen LogP contribution in [0.2, 0.25) is 0 Å². The molecule has 0 N–H and O–H groups in total. The highest BCUT2D eigenvalue weighted by Gasteiger charge is 2.14. The van der Waals surface area contributed by atoms with Crippen molar-refractivity contribution in [2.24, 2.45) is 5.92 Å². The van der Waals surface area contributed by atoms with Crippen LogP contribution < -0.4 is 5.30 Å². The van der Waals surface area contributed by atoms with Crippen molar-refractivity contribution in [2.45, 2.75) is 33.1 Å². The van der Waals surface area contributed by atoms with Gasteiger partial charge in [-0.1, -0.05) is 79.2 Å². The van der Waals surface area contributed by atoms with Gasteiger partial charge in [-0.25, -0.2) is 4.39 Å². The Labute approximate surface area is 169 Å². The Kier molecular flexibility index (Phi) is 5.47. The van der Waals surface area contributed by atoms with Crippen LogP contribution in [0.5, 0.6) is 0 Å². The van der Waals surface area contributed by atoms with Gasteiger partial charge in [0.05, 0.1) is 0 Å². The Balaban J connectivity index is 1.64. The van der Waals surface area contributed by atoms with Crippen LogP contribution in [-0.4, -0.2) is 0 Å². The summed E-state index contributed by atoms with van der Waals surface area (Å²) in [5.41, 5.74) is 7.44. The molecule has 0 fully saturated rings. The van der Waals surface area contributed by atoms with Crippen molar-refractivity contribution in [1.82, 2.24) is 0 Å². The molecule has 0 spiro atoms. The first kappa shape index (κ1) is 19.1. The summed E-state index contributed by atoms with van der Waals surface area (Å²) in [5.74, 6) is 0.622. The van der Waals surface area contributed by atoms with Crippen molar-refractivity contribution in [3.05, 3.63) is 83.7 Å². The first-order valence-electron chi connectivity index (χ1n) is 9.98. The van der Waals surface area contributed by atoms with Crippen LogP contribution >= 0.6 is 9.24 Å². The molecule has 2 unspecified atom stereocenters. The van der Waals surface area contributed by atoms with Crippen molar-refractivity contribution < 1.29 is 4.39 Å². The zero-order valence-corrected chi connectivity index (χ0v) is 17.7. The second-order valence-corrected chi connectivity index (χ2v) is 8.52. The van der Waals surface area contributed by atoms with Crippen molar-refractivity contribution >= 4 is 20.1 Å². The van der Waals surface area contributed by atoms with Gasteiger partial charge in [-0.05, 0) is 59.9 Å². The molecule has 2 atom stereocenters. The molecule has 0 nitrogen and oxygen atoms in total. The minimum absolute atomic E-state index is 0.167. The Hall–Kier alpha value is -2.24. The number of hydrogen-bond acceptors (Lipinski definition) is 0. The third kappa shape index (κ3) is 3.82. The zero-order chi connectivity index (χ0) is 19.7. The summed E-state index contributed by atoms with van der Waals surface area (Å²) >= 11 is 0. The van der Waals surface area contributed by atoms with E-state index in [4.69, 9.17) is 0 Å². The molecule has 0 saturated carbocycles. The SMILES string of the molecule is Cc1ccc(-c2ccc(-c3ccc(C4=CCC(C)CC4)cc3)c(P)c2F)cc1. The first-order valence-corrected chi connectivity index (χ1v) is 10.6. The van der Waals surface area contributed by atoms with Gasteiger partial charge >= 0.3 is 0 Å². The molecule has 0 amide bonds. The summed E-state index contributed by atoms with van der Waals surface area (Å²) < 4.78 is 15.1. The average Bonchev–Trinajstić information content (AvgIpc) is 2.72. The predicted octanol–water partition coefficient (Wildman–Crippen LogP) is 7.17. The van der Waals surface area contributed by atoms with E-state index in [-0.39, 0.29) is 5.82 Å². The summed E-state index contributed by atoms with van der Waals surface area (Å²) in [6.07, 6.45) is 5.95. The van der Waals surface area contributed by atoms with Crippen molar-refractivity contribution in [3.63, 3.8) is 0 Å². The van der Waals surface area contributed by atoms with E-state index in [9.17, 15) is 0 Å². The van der Waals surface area contributed by atoms with Crippen LogP contribution in [0.25, 0.3) is 27.8 Å². The molecule has 4 rings (SSSR count). The van der Waals surface area contributed by atoms with E-state index < -0.39 is 0 Å². The largest absolute Gasteiger partial charge is 0.206 e. The van der Waals surface area contributed by atoms with Crippen LogP contribution in [-0.2, 0) is 0 Å². The monoisotopic (exact) mass is 388 g/mol. The number of hydrogen-bond donors (Lipinski definition) is 0. The smallest absolute Gasteiger partial charge is 0.138 e. The molecule has 0 aromatic heterocycles. The van der Waals surface area contributed by atoms with E-state index in [1.807, 2.05) is 43.3 Å². The minimum Gasteiger partial charge on any atom is -0.206 e. The van der Waals surface area contributed by atoms with Gasteiger partial charge in [0.15, 0.2) is 0 Å². The minimum atomic E-state index is -0.167. The van der Waals surface area contributed by atoms with E-state index >= 15 is 4.39 Å². The van der Waals surface area contributed by atoms with Crippen molar-refractivity contribution in [1.29, 1.82) is 0 Å². The predicted molar refractivity (Wildman–Crippen MR) is 122 cm³/mol. The van der Waals surface area contributed by atoms with Crippen molar-refractivity contribution in [3.8, 4) is 22.3 Å². The maximum atomic E-state index is 15.1. The van der Waals surface area contributed by atoms with Gasteiger partial charge in [0.2, 0.25) is 0 Å². The molecule has 2 heteroatoms. The average molecular weight is 388 g/mol. The molecule has 3 aromatic carbocycles. The number of benzene rings is 3. The summed E-state index contributed by atoms with van der Waals surface area (Å²) in [7, 11) is 2.60. The Morgan fingerprint density at radius 1 is 0.821 bits per heavy atom. The molecule has 0 aliphatic heterocycles. The van der Waals surface area contributed by atoms with Gasteiger partial charge in [0.25, 0.3) is 0 Å². The molecule has 0 heterocycles. The lowest BCUT2D eigenvalue weighted by Crippen LogP contribution is -2.05. The van der Waals surface area contributed by atoms with Gasteiger partial charge in [0, 0.05) is 10.9 Å². The quantitative estimate of drug-likeness (QED) is 0.417. The highest BCUT2D eigenvalue weighted by Crippen LogP contribution is 2.32. The third-order valence-electron chi connectivity index (χ3n) is 5.78. The Bertz CT molecular complexity index is 1010. The maximum Gasteiger partial charge on any atom is 0.138 e. The molecule has 0 saturated heterocycles. The fourth-order valence-electron chi connectivity index (χ4n) is 3.89. The van der Waals surface area contributed by atoms with E-state index in [1.165, 1.54) is 29.5 Å². The number of aryl methyl sites for hydroxylation is 1. The number of allylic oxidation sites excluding steroid dienone is 2. The lowest BCUT2D eigenvalue weighted by Gasteiger charge is -2.19. The summed E-state index contributed by atoms with van der Waals surface area (Å²) in [6.45, 7) is 4.35. The standard InChI is InChI=1S/C26H26FP/c1-17-3-7-19(8-4-17)20-11-13-22(14-12-20)24-16-15-23(25(27)26(24)28)21-9-5-18(2)6-10-21/h5-7,9-17H,3-4,8,28H2,1-2H3. The molecular weight excluding hydrogens is 362 g/mol. The lowest BCUT2D eigenvalue weighted by atomic mass is 9.87. The summed E-state index contributed by atoms with van der Waals surface area (Å²) in [4.78, 5) is 0. The number of halogens is 1. The molecule has 1 aliphatic carbocycles. The normalized spacial score (nSPS) is 16.7. The lowest BCUT2D eigenvalue weighted by molar-refractivity contribution is 0.534. The van der Waals surface area contributed by atoms with Crippen LogP contribution in [0.4, 0.5) is 4.39 Å². The molecule has 0 bridgehead atoms. The highest BCUT2D eigenvalue weighted by atomic mass is 31.0. The van der Waals surface area contributed by atoms with Gasteiger partial charge < -0.3 is 0 Å². The van der Waals surface area contributed by atoms with Crippen LogP contribution in [0.1, 0.15) is 37.3 Å². The van der Waals surface area contributed by atoms with Crippen molar-refractivity contribution in [2.75, 3.05) is 0 Å². The van der Waals surface area contributed by atoms with Crippen LogP contribution in [0.15, 0.2) is 66.7 Å².